The van der Waals surface area contributed by atoms with Crippen molar-refractivity contribution in [1.82, 2.24) is 10.3 Å². The van der Waals surface area contributed by atoms with Crippen molar-refractivity contribution in [2.24, 2.45) is 0 Å². The molecule has 2 nitrogen and oxygen atoms in total. The number of rotatable bonds is 4. The fourth-order valence-electron chi connectivity index (χ4n) is 2.07. The van der Waals surface area contributed by atoms with Crippen molar-refractivity contribution in [2.45, 2.75) is 19.9 Å². The van der Waals surface area contributed by atoms with Gasteiger partial charge < -0.3 is 5.32 Å². The number of nitrogens with zero attached hydrogens (tertiary/aromatic N) is 1. The SMILES string of the molecule is CCNC(c1cccc(C)c1)c1cncc(F)c1. The highest BCUT2D eigenvalue weighted by Crippen LogP contribution is 2.22. The molecule has 0 spiro atoms. The van der Waals surface area contributed by atoms with Crippen LogP contribution in [-0.4, -0.2) is 11.5 Å². The van der Waals surface area contributed by atoms with Crippen molar-refractivity contribution in [3.8, 4) is 0 Å². The van der Waals surface area contributed by atoms with Gasteiger partial charge >= 0.3 is 0 Å². The molecule has 0 aliphatic heterocycles. The first-order chi connectivity index (χ1) is 8.70. The Balaban J connectivity index is 2.39. The van der Waals surface area contributed by atoms with E-state index in [-0.39, 0.29) is 11.9 Å². The van der Waals surface area contributed by atoms with Gasteiger partial charge in [0.05, 0.1) is 12.2 Å². The van der Waals surface area contributed by atoms with Crippen molar-refractivity contribution in [2.75, 3.05) is 6.54 Å². The second kappa shape index (κ2) is 5.74. The summed E-state index contributed by atoms with van der Waals surface area (Å²) in [6, 6.07) is 9.74. The van der Waals surface area contributed by atoms with E-state index in [2.05, 4.69) is 29.4 Å². The smallest absolute Gasteiger partial charge is 0.141 e. The molecule has 94 valence electrons. The predicted molar refractivity (Wildman–Crippen MR) is 70.9 cm³/mol. The van der Waals surface area contributed by atoms with Crippen LogP contribution >= 0.6 is 0 Å². The molecule has 1 aromatic heterocycles. The predicted octanol–water partition coefficient (Wildman–Crippen LogP) is 3.23. The Morgan fingerprint density at radius 3 is 2.72 bits per heavy atom. The minimum absolute atomic E-state index is 0.0156. The highest BCUT2D eigenvalue weighted by Gasteiger charge is 2.13. The Hall–Kier alpha value is -1.74. The Morgan fingerprint density at radius 2 is 2.06 bits per heavy atom. The zero-order valence-corrected chi connectivity index (χ0v) is 10.7. The molecule has 0 bridgehead atoms. The molecule has 0 aliphatic rings. The van der Waals surface area contributed by atoms with Gasteiger partial charge in [-0.05, 0) is 30.7 Å². The van der Waals surface area contributed by atoms with Gasteiger partial charge in [0.25, 0.3) is 0 Å². The van der Waals surface area contributed by atoms with E-state index in [1.54, 1.807) is 6.20 Å². The summed E-state index contributed by atoms with van der Waals surface area (Å²) >= 11 is 0. The lowest BCUT2D eigenvalue weighted by Crippen LogP contribution is -2.22. The van der Waals surface area contributed by atoms with Crippen LogP contribution < -0.4 is 5.32 Å². The first-order valence-corrected chi connectivity index (χ1v) is 6.11. The van der Waals surface area contributed by atoms with E-state index in [9.17, 15) is 4.39 Å². The van der Waals surface area contributed by atoms with Crippen LogP contribution in [0, 0.1) is 12.7 Å². The lowest BCUT2D eigenvalue weighted by atomic mass is 9.98. The summed E-state index contributed by atoms with van der Waals surface area (Å²) in [6.07, 6.45) is 2.93. The zero-order chi connectivity index (χ0) is 13.0. The van der Waals surface area contributed by atoms with Crippen LogP contribution in [0.15, 0.2) is 42.7 Å². The second-order valence-corrected chi connectivity index (χ2v) is 4.34. The van der Waals surface area contributed by atoms with Gasteiger partial charge in [0, 0.05) is 6.20 Å². The molecule has 1 unspecified atom stereocenters. The average molecular weight is 244 g/mol. The normalized spacial score (nSPS) is 12.4. The maximum Gasteiger partial charge on any atom is 0.141 e. The number of hydrogen-bond donors (Lipinski definition) is 1. The van der Waals surface area contributed by atoms with E-state index in [0.717, 1.165) is 17.7 Å². The second-order valence-electron chi connectivity index (χ2n) is 4.34. The van der Waals surface area contributed by atoms with E-state index in [1.807, 2.05) is 19.1 Å². The minimum atomic E-state index is -0.303. The molecule has 0 amide bonds. The molecule has 0 saturated carbocycles. The molecular weight excluding hydrogens is 227 g/mol. The third-order valence-corrected chi connectivity index (χ3v) is 2.84. The molecule has 1 N–H and O–H groups in total. The molecule has 18 heavy (non-hydrogen) atoms. The maximum atomic E-state index is 13.3. The molecule has 0 aliphatic carbocycles. The molecule has 1 heterocycles. The monoisotopic (exact) mass is 244 g/mol. The quantitative estimate of drug-likeness (QED) is 0.893. The molecule has 0 radical (unpaired) electrons. The Morgan fingerprint density at radius 1 is 1.22 bits per heavy atom. The molecule has 1 atom stereocenters. The van der Waals surface area contributed by atoms with Gasteiger partial charge in [-0.25, -0.2) is 4.39 Å². The van der Waals surface area contributed by atoms with Gasteiger partial charge in [-0.3, -0.25) is 4.98 Å². The molecule has 0 saturated heterocycles. The van der Waals surface area contributed by atoms with Crippen LogP contribution in [0.3, 0.4) is 0 Å². The fraction of sp³-hybridized carbons (Fsp3) is 0.267. The van der Waals surface area contributed by atoms with E-state index in [4.69, 9.17) is 0 Å². The zero-order valence-electron chi connectivity index (χ0n) is 10.7. The summed E-state index contributed by atoms with van der Waals surface area (Å²) in [5.41, 5.74) is 3.17. The van der Waals surface area contributed by atoms with Crippen molar-refractivity contribution in [1.29, 1.82) is 0 Å². The van der Waals surface area contributed by atoms with Crippen LogP contribution in [0.2, 0.25) is 0 Å². The summed E-state index contributed by atoms with van der Waals surface area (Å²) < 4.78 is 13.3. The number of benzene rings is 1. The van der Waals surface area contributed by atoms with E-state index >= 15 is 0 Å². The lowest BCUT2D eigenvalue weighted by molar-refractivity contribution is 0.596. The summed E-state index contributed by atoms with van der Waals surface area (Å²) in [6.45, 7) is 4.90. The molecule has 2 aromatic rings. The van der Waals surface area contributed by atoms with Crippen LogP contribution in [0.4, 0.5) is 4.39 Å². The molecule has 0 fully saturated rings. The van der Waals surface area contributed by atoms with Crippen LogP contribution in [0.1, 0.15) is 29.7 Å². The van der Waals surface area contributed by atoms with E-state index in [0.29, 0.717) is 0 Å². The van der Waals surface area contributed by atoms with Crippen molar-refractivity contribution in [3.63, 3.8) is 0 Å². The highest BCUT2D eigenvalue weighted by molar-refractivity contribution is 5.32. The molecule has 2 rings (SSSR count). The summed E-state index contributed by atoms with van der Waals surface area (Å²) in [5.74, 6) is -0.303. The number of hydrogen-bond acceptors (Lipinski definition) is 2. The van der Waals surface area contributed by atoms with Gasteiger partial charge in [-0.2, -0.15) is 0 Å². The number of nitrogens with one attached hydrogen (secondary N) is 1. The standard InChI is InChI=1S/C15H17FN2/c1-3-18-15(12-6-4-5-11(2)7-12)13-8-14(16)10-17-9-13/h4-10,15,18H,3H2,1-2H3. The largest absolute Gasteiger partial charge is 0.306 e. The number of aromatic nitrogens is 1. The highest BCUT2D eigenvalue weighted by atomic mass is 19.1. The summed E-state index contributed by atoms with van der Waals surface area (Å²) in [4.78, 5) is 3.92. The molecule has 1 aromatic carbocycles. The van der Waals surface area contributed by atoms with E-state index < -0.39 is 0 Å². The lowest BCUT2D eigenvalue weighted by Gasteiger charge is -2.19. The van der Waals surface area contributed by atoms with Gasteiger partial charge in [0.1, 0.15) is 5.82 Å². The number of aryl methyl sites for hydroxylation is 1. The van der Waals surface area contributed by atoms with Gasteiger partial charge in [0.2, 0.25) is 0 Å². The Labute approximate surface area is 107 Å². The molecular formula is C15H17FN2. The van der Waals surface area contributed by atoms with Gasteiger partial charge in [-0.15, -0.1) is 0 Å². The van der Waals surface area contributed by atoms with Crippen LogP contribution in [-0.2, 0) is 0 Å². The summed E-state index contributed by atoms with van der Waals surface area (Å²) in [5, 5.41) is 3.36. The van der Waals surface area contributed by atoms with Crippen molar-refractivity contribution in [3.05, 3.63) is 65.2 Å². The third-order valence-electron chi connectivity index (χ3n) is 2.84. The topological polar surface area (TPSA) is 24.9 Å². The fourth-order valence-corrected chi connectivity index (χ4v) is 2.07. The number of halogens is 1. The summed E-state index contributed by atoms with van der Waals surface area (Å²) in [7, 11) is 0. The first kappa shape index (κ1) is 12.7. The Bertz CT molecular complexity index is 480. The van der Waals surface area contributed by atoms with E-state index in [1.165, 1.54) is 17.8 Å². The average Bonchev–Trinajstić information content (AvgIpc) is 2.36. The van der Waals surface area contributed by atoms with Crippen molar-refractivity contribution >= 4 is 0 Å². The third kappa shape index (κ3) is 2.93. The first-order valence-electron chi connectivity index (χ1n) is 6.11. The van der Waals surface area contributed by atoms with Crippen molar-refractivity contribution < 1.29 is 4.39 Å². The van der Waals surface area contributed by atoms with Gasteiger partial charge in [0.15, 0.2) is 0 Å². The Kier molecular flexibility index (Phi) is 4.05. The van der Waals surface area contributed by atoms with Crippen LogP contribution in [0.25, 0.3) is 0 Å². The maximum absolute atomic E-state index is 13.3. The van der Waals surface area contributed by atoms with Gasteiger partial charge in [-0.1, -0.05) is 36.8 Å². The number of pyridine rings is 1. The molecule has 3 heteroatoms. The van der Waals surface area contributed by atoms with Crippen LogP contribution in [0.5, 0.6) is 0 Å². The minimum Gasteiger partial charge on any atom is -0.306 e.